The maximum Gasteiger partial charge on any atom is 0.253 e. The number of carbonyl (C=O) groups is 1. The average Bonchev–Trinajstić information content (AvgIpc) is 3.37. The third kappa shape index (κ3) is 6.78. The summed E-state index contributed by atoms with van der Waals surface area (Å²) in [6.45, 7) is 3.79. The predicted molar refractivity (Wildman–Crippen MR) is 108 cm³/mol. The maximum absolute atomic E-state index is 12.7. The first-order valence-electron chi connectivity index (χ1n) is 8.88. The van der Waals surface area contributed by atoms with E-state index in [1.807, 2.05) is 37.2 Å². The van der Waals surface area contributed by atoms with Gasteiger partial charge in [0.05, 0.1) is 0 Å². The third-order valence-electron chi connectivity index (χ3n) is 4.85. The number of amides is 1. The summed E-state index contributed by atoms with van der Waals surface area (Å²) in [5.74, 6) is 1.11. The van der Waals surface area contributed by atoms with Crippen LogP contribution in [0.25, 0.3) is 0 Å². The van der Waals surface area contributed by atoms with Crippen molar-refractivity contribution >= 4 is 30.7 Å². The number of likely N-dealkylation sites (tertiary alicyclic amines) is 1. The van der Waals surface area contributed by atoms with Crippen LogP contribution in [0, 0.1) is 5.92 Å². The molecule has 2 aliphatic rings. The number of nitrogens with zero attached hydrogens (tertiary/aromatic N) is 2. The molecule has 1 N–H and O–H groups in total. The van der Waals surface area contributed by atoms with Gasteiger partial charge in [-0.1, -0.05) is 12.1 Å². The fourth-order valence-electron chi connectivity index (χ4n) is 3.29. The maximum atomic E-state index is 12.7. The molecule has 3 rings (SSSR count). The van der Waals surface area contributed by atoms with Gasteiger partial charge in [0.1, 0.15) is 0 Å². The smallest absolute Gasteiger partial charge is 0.253 e. The third-order valence-corrected chi connectivity index (χ3v) is 4.85. The number of hydrogen-bond acceptors (Lipinski definition) is 3. The molecule has 6 heteroatoms. The molecule has 4 nitrogen and oxygen atoms in total. The van der Waals surface area contributed by atoms with Crippen molar-refractivity contribution < 1.29 is 4.79 Å². The van der Waals surface area contributed by atoms with E-state index < -0.39 is 0 Å². The highest BCUT2D eigenvalue weighted by atomic mass is 35.5. The van der Waals surface area contributed by atoms with Crippen LogP contribution in [-0.2, 0) is 6.54 Å². The molecule has 0 atom stereocenters. The molecule has 1 aromatic carbocycles. The predicted octanol–water partition coefficient (Wildman–Crippen LogP) is 3.20. The van der Waals surface area contributed by atoms with Crippen LogP contribution < -0.4 is 5.32 Å². The fraction of sp³-hybridized carbons (Fsp3) is 0.632. The van der Waals surface area contributed by atoms with Gasteiger partial charge in [-0.25, -0.2) is 0 Å². The van der Waals surface area contributed by atoms with Crippen molar-refractivity contribution in [2.24, 2.45) is 5.92 Å². The molecule has 1 saturated heterocycles. The Morgan fingerprint density at radius 3 is 2.44 bits per heavy atom. The van der Waals surface area contributed by atoms with E-state index in [0.717, 1.165) is 44.0 Å². The van der Waals surface area contributed by atoms with Crippen molar-refractivity contribution in [3.63, 3.8) is 0 Å². The Morgan fingerprint density at radius 2 is 1.84 bits per heavy atom. The molecule has 1 aromatic rings. The molecule has 1 saturated carbocycles. The number of piperidine rings is 1. The second kappa shape index (κ2) is 10.4. The van der Waals surface area contributed by atoms with Gasteiger partial charge in [0, 0.05) is 31.2 Å². The van der Waals surface area contributed by atoms with Crippen LogP contribution in [0.5, 0.6) is 0 Å². The van der Waals surface area contributed by atoms with E-state index in [4.69, 9.17) is 0 Å². The lowest BCUT2D eigenvalue weighted by atomic mass is 10.0. The van der Waals surface area contributed by atoms with E-state index >= 15 is 0 Å². The summed E-state index contributed by atoms with van der Waals surface area (Å²) < 4.78 is 0. The molecule has 2 fully saturated rings. The Kier molecular flexibility index (Phi) is 9.22. The first-order chi connectivity index (χ1) is 11.1. The second-order valence-electron chi connectivity index (χ2n) is 7.36. The average molecular weight is 388 g/mol. The Morgan fingerprint density at radius 1 is 1.16 bits per heavy atom. The molecule has 25 heavy (non-hydrogen) atoms. The zero-order valence-corrected chi connectivity index (χ0v) is 16.9. The molecular formula is C19H31Cl2N3O. The lowest BCUT2D eigenvalue weighted by Crippen LogP contribution is -2.45. The molecule has 1 aliphatic carbocycles. The largest absolute Gasteiger partial charge is 0.339 e. The van der Waals surface area contributed by atoms with E-state index in [9.17, 15) is 4.79 Å². The number of benzene rings is 1. The van der Waals surface area contributed by atoms with Crippen LogP contribution in [0.1, 0.15) is 41.6 Å². The lowest BCUT2D eigenvalue weighted by molar-refractivity contribution is 0.0705. The Hall–Kier alpha value is -0.810. The van der Waals surface area contributed by atoms with Crippen molar-refractivity contribution in [3.05, 3.63) is 35.4 Å². The van der Waals surface area contributed by atoms with Crippen LogP contribution in [0.4, 0.5) is 0 Å². The van der Waals surface area contributed by atoms with Crippen LogP contribution in [0.15, 0.2) is 24.3 Å². The summed E-state index contributed by atoms with van der Waals surface area (Å²) in [5.41, 5.74) is 2.02. The van der Waals surface area contributed by atoms with Gasteiger partial charge in [-0.2, -0.15) is 0 Å². The van der Waals surface area contributed by atoms with Crippen LogP contribution >= 0.6 is 24.8 Å². The van der Waals surface area contributed by atoms with Gasteiger partial charge in [0.15, 0.2) is 0 Å². The van der Waals surface area contributed by atoms with Crippen LogP contribution in [0.2, 0.25) is 0 Å². The lowest BCUT2D eigenvalue weighted by Gasteiger charge is -2.32. The molecule has 1 aliphatic heterocycles. The molecule has 142 valence electrons. The van der Waals surface area contributed by atoms with E-state index in [0.29, 0.717) is 6.04 Å². The summed E-state index contributed by atoms with van der Waals surface area (Å²) in [4.78, 5) is 16.9. The zero-order valence-electron chi connectivity index (χ0n) is 15.2. The van der Waals surface area contributed by atoms with Crippen molar-refractivity contribution in [1.29, 1.82) is 0 Å². The van der Waals surface area contributed by atoms with E-state index in [-0.39, 0.29) is 30.7 Å². The SMILES string of the molecule is CN(C)Cc1cccc(C(=O)N2CCC(NCC3CC3)CC2)c1.Cl.Cl. The van der Waals surface area contributed by atoms with Crippen molar-refractivity contribution in [2.45, 2.75) is 38.3 Å². The van der Waals surface area contributed by atoms with E-state index in [1.54, 1.807) is 0 Å². The van der Waals surface area contributed by atoms with Crippen LogP contribution in [-0.4, -0.2) is 55.5 Å². The minimum Gasteiger partial charge on any atom is -0.339 e. The van der Waals surface area contributed by atoms with Gasteiger partial charge >= 0.3 is 0 Å². The molecule has 1 amide bonds. The summed E-state index contributed by atoms with van der Waals surface area (Å²) >= 11 is 0. The molecule has 0 spiro atoms. The van der Waals surface area contributed by atoms with Gasteiger partial charge in [0.25, 0.3) is 5.91 Å². The molecule has 0 bridgehead atoms. The standard InChI is InChI=1S/C19H29N3O.2ClH/c1-21(2)14-16-4-3-5-17(12-16)19(23)22-10-8-18(9-11-22)20-13-15-6-7-15;;/h3-5,12,15,18,20H,6-11,13-14H2,1-2H3;2*1H. The van der Waals surface area contributed by atoms with Gasteiger partial charge in [-0.15, -0.1) is 24.8 Å². The molecule has 1 heterocycles. The van der Waals surface area contributed by atoms with E-state index in [1.165, 1.54) is 24.9 Å². The summed E-state index contributed by atoms with van der Waals surface area (Å²) in [7, 11) is 4.10. The molecule has 0 unspecified atom stereocenters. The summed E-state index contributed by atoms with van der Waals surface area (Å²) in [5, 5.41) is 3.67. The Balaban J connectivity index is 0.00000156. The number of carbonyl (C=O) groups excluding carboxylic acids is 1. The first kappa shape index (κ1) is 22.2. The number of hydrogen-bond donors (Lipinski definition) is 1. The molecular weight excluding hydrogens is 357 g/mol. The minimum absolute atomic E-state index is 0. The second-order valence-corrected chi connectivity index (χ2v) is 7.36. The Bertz CT molecular complexity index is 541. The highest BCUT2D eigenvalue weighted by Gasteiger charge is 2.26. The first-order valence-corrected chi connectivity index (χ1v) is 8.88. The fourth-order valence-corrected chi connectivity index (χ4v) is 3.29. The Labute approximate surface area is 164 Å². The highest BCUT2D eigenvalue weighted by Crippen LogP contribution is 2.28. The molecule has 0 aromatic heterocycles. The van der Waals surface area contributed by atoms with Crippen LogP contribution in [0.3, 0.4) is 0 Å². The minimum atomic E-state index is 0. The zero-order chi connectivity index (χ0) is 16.2. The quantitative estimate of drug-likeness (QED) is 0.813. The van der Waals surface area contributed by atoms with Gasteiger partial charge in [0.2, 0.25) is 0 Å². The van der Waals surface area contributed by atoms with Crippen molar-refractivity contribution in [2.75, 3.05) is 33.7 Å². The number of nitrogens with one attached hydrogen (secondary N) is 1. The number of rotatable bonds is 6. The van der Waals surface area contributed by atoms with Crippen molar-refractivity contribution in [1.82, 2.24) is 15.1 Å². The number of halogens is 2. The summed E-state index contributed by atoms with van der Waals surface area (Å²) in [6, 6.07) is 8.67. The van der Waals surface area contributed by atoms with Gasteiger partial charge in [-0.05, 0) is 69.9 Å². The van der Waals surface area contributed by atoms with Gasteiger partial charge < -0.3 is 15.1 Å². The van der Waals surface area contributed by atoms with E-state index in [2.05, 4.69) is 16.3 Å². The molecule has 0 radical (unpaired) electrons. The highest BCUT2D eigenvalue weighted by molar-refractivity contribution is 5.94. The van der Waals surface area contributed by atoms with Crippen molar-refractivity contribution in [3.8, 4) is 0 Å². The summed E-state index contributed by atoms with van der Waals surface area (Å²) in [6.07, 6.45) is 4.95. The topological polar surface area (TPSA) is 35.6 Å². The van der Waals surface area contributed by atoms with Gasteiger partial charge in [-0.3, -0.25) is 4.79 Å². The normalized spacial score (nSPS) is 17.8. The monoisotopic (exact) mass is 387 g/mol.